The van der Waals surface area contributed by atoms with Crippen LogP contribution >= 0.6 is 11.6 Å². The van der Waals surface area contributed by atoms with Crippen molar-refractivity contribution >= 4 is 17.5 Å². The third kappa shape index (κ3) is 5.41. The van der Waals surface area contributed by atoms with Crippen LogP contribution in [-0.4, -0.2) is 22.7 Å². The van der Waals surface area contributed by atoms with Gasteiger partial charge in [0, 0.05) is 10.6 Å². The Hall–Kier alpha value is -2.70. The van der Waals surface area contributed by atoms with Crippen LogP contribution in [0.15, 0.2) is 59.1 Å². The van der Waals surface area contributed by atoms with Crippen LogP contribution in [-0.2, 0) is 16.1 Å². The smallest absolute Gasteiger partial charge is 0.249 e. The standard InChI is InChI=1S/C21H22ClN3O3/c1-14(2)19(23-18(26)13-27-12-15-7-4-3-5-8-15)21-24-20(25-28-21)16-9-6-10-17(22)11-16/h3-11,14,19H,12-13H2,1-2H3,(H,23,26). The maximum absolute atomic E-state index is 12.3. The van der Waals surface area contributed by atoms with Gasteiger partial charge in [0.1, 0.15) is 12.6 Å². The Morgan fingerprint density at radius 3 is 2.68 bits per heavy atom. The van der Waals surface area contributed by atoms with Crippen LogP contribution in [0, 0.1) is 5.92 Å². The molecule has 1 amide bonds. The van der Waals surface area contributed by atoms with Gasteiger partial charge < -0.3 is 14.6 Å². The third-order valence-corrected chi connectivity index (χ3v) is 4.35. The number of amides is 1. The summed E-state index contributed by atoms with van der Waals surface area (Å²) in [6.45, 7) is 4.27. The molecule has 1 N–H and O–H groups in total. The average molecular weight is 400 g/mol. The maximum Gasteiger partial charge on any atom is 0.249 e. The Morgan fingerprint density at radius 1 is 1.18 bits per heavy atom. The van der Waals surface area contributed by atoms with E-state index in [9.17, 15) is 4.79 Å². The normalized spacial score (nSPS) is 12.1. The summed E-state index contributed by atoms with van der Waals surface area (Å²) in [5.41, 5.74) is 1.77. The van der Waals surface area contributed by atoms with Gasteiger partial charge >= 0.3 is 0 Å². The molecule has 28 heavy (non-hydrogen) atoms. The number of nitrogens with one attached hydrogen (secondary N) is 1. The first-order valence-electron chi connectivity index (χ1n) is 9.03. The highest BCUT2D eigenvalue weighted by molar-refractivity contribution is 6.30. The molecule has 3 rings (SSSR count). The van der Waals surface area contributed by atoms with E-state index in [0.717, 1.165) is 11.1 Å². The number of aromatic nitrogens is 2. The lowest BCUT2D eigenvalue weighted by Gasteiger charge is -2.18. The second kappa shape index (κ2) is 9.48. The molecule has 0 spiro atoms. The maximum atomic E-state index is 12.3. The lowest BCUT2D eigenvalue weighted by molar-refractivity contribution is -0.127. The predicted octanol–water partition coefficient (Wildman–Crippen LogP) is 4.42. The van der Waals surface area contributed by atoms with Gasteiger partial charge in [-0.2, -0.15) is 4.98 Å². The van der Waals surface area contributed by atoms with Crippen molar-refractivity contribution in [1.82, 2.24) is 15.5 Å². The van der Waals surface area contributed by atoms with Crippen molar-refractivity contribution in [2.75, 3.05) is 6.61 Å². The van der Waals surface area contributed by atoms with Crippen LogP contribution in [0.25, 0.3) is 11.4 Å². The number of ether oxygens (including phenoxy) is 1. The SMILES string of the molecule is CC(C)C(NC(=O)COCc1ccccc1)c1nc(-c2cccc(Cl)c2)no1. The Kier molecular flexibility index (Phi) is 6.79. The van der Waals surface area contributed by atoms with E-state index < -0.39 is 6.04 Å². The minimum atomic E-state index is -0.409. The molecular formula is C21H22ClN3O3. The van der Waals surface area contributed by atoms with E-state index in [2.05, 4.69) is 15.5 Å². The fourth-order valence-corrected chi connectivity index (χ4v) is 2.86. The molecule has 0 saturated heterocycles. The van der Waals surface area contributed by atoms with Gasteiger partial charge in [-0.25, -0.2) is 0 Å². The summed E-state index contributed by atoms with van der Waals surface area (Å²) in [5.74, 6) is 0.599. The minimum absolute atomic E-state index is 0.0482. The van der Waals surface area contributed by atoms with Gasteiger partial charge in [0.05, 0.1) is 6.61 Å². The van der Waals surface area contributed by atoms with E-state index in [1.807, 2.05) is 56.3 Å². The van der Waals surface area contributed by atoms with Crippen LogP contribution in [0.3, 0.4) is 0 Å². The second-order valence-corrected chi connectivity index (χ2v) is 7.17. The number of halogens is 1. The summed E-state index contributed by atoms with van der Waals surface area (Å²) in [4.78, 5) is 16.7. The minimum Gasteiger partial charge on any atom is -0.367 e. The molecule has 0 aliphatic rings. The van der Waals surface area contributed by atoms with E-state index in [4.69, 9.17) is 20.9 Å². The van der Waals surface area contributed by atoms with Gasteiger partial charge in [-0.05, 0) is 23.6 Å². The van der Waals surface area contributed by atoms with Crippen molar-refractivity contribution < 1.29 is 14.1 Å². The van der Waals surface area contributed by atoms with E-state index in [1.165, 1.54) is 0 Å². The van der Waals surface area contributed by atoms with Gasteiger partial charge in [-0.3, -0.25) is 4.79 Å². The van der Waals surface area contributed by atoms with Crippen LogP contribution in [0.4, 0.5) is 0 Å². The van der Waals surface area contributed by atoms with Crippen molar-refractivity contribution in [2.45, 2.75) is 26.5 Å². The van der Waals surface area contributed by atoms with Crippen LogP contribution in [0.2, 0.25) is 5.02 Å². The third-order valence-electron chi connectivity index (χ3n) is 4.12. The van der Waals surface area contributed by atoms with Crippen LogP contribution in [0.1, 0.15) is 31.3 Å². The fraction of sp³-hybridized carbons (Fsp3) is 0.286. The molecular weight excluding hydrogens is 378 g/mol. The molecule has 1 unspecified atom stereocenters. The molecule has 2 aromatic carbocycles. The summed E-state index contributed by atoms with van der Waals surface area (Å²) in [5, 5.41) is 7.51. The molecule has 0 radical (unpaired) electrons. The Morgan fingerprint density at radius 2 is 1.96 bits per heavy atom. The summed E-state index contributed by atoms with van der Waals surface area (Å²) in [6.07, 6.45) is 0. The predicted molar refractivity (Wildman–Crippen MR) is 107 cm³/mol. The Labute approximate surface area is 168 Å². The number of rotatable bonds is 8. The molecule has 1 heterocycles. The zero-order valence-corrected chi connectivity index (χ0v) is 16.5. The first kappa shape index (κ1) is 20.0. The summed E-state index contributed by atoms with van der Waals surface area (Å²) in [6, 6.07) is 16.5. The monoisotopic (exact) mass is 399 g/mol. The quantitative estimate of drug-likeness (QED) is 0.606. The largest absolute Gasteiger partial charge is 0.367 e. The van der Waals surface area contributed by atoms with Crippen molar-refractivity contribution in [3.05, 3.63) is 71.1 Å². The highest BCUT2D eigenvalue weighted by Crippen LogP contribution is 2.25. The highest BCUT2D eigenvalue weighted by Gasteiger charge is 2.25. The molecule has 3 aromatic rings. The van der Waals surface area contributed by atoms with Gasteiger partial charge in [0.15, 0.2) is 0 Å². The highest BCUT2D eigenvalue weighted by atomic mass is 35.5. The summed E-state index contributed by atoms with van der Waals surface area (Å²) >= 11 is 6.02. The first-order valence-corrected chi connectivity index (χ1v) is 9.41. The van der Waals surface area contributed by atoms with E-state index in [-0.39, 0.29) is 18.4 Å². The number of carbonyl (C=O) groups excluding carboxylic acids is 1. The van der Waals surface area contributed by atoms with Crippen LogP contribution < -0.4 is 5.32 Å². The number of benzene rings is 2. The number of hydrogen-bond acceptors (Lipinski definition) is 5. The van der Waals surface area contributed by atoms with E-state index in [0.29, 0.717) is 23.3 Å². The number of carbonyl (C=O) groups is 1. The number of hydrogen-bond donors (Lipinski definition) is 1. The van der Waals surface area contributed by atoms with Crippen molar-refractivity contribution in [1.29, 1.82) is 0 Å². The second-order valence-electron chi connectivity index (χ2n) is 6.73. The molecule has 0 aliphatic heterocycles. The molecule has 7 heteroatoms. The van der Waals surface area contributed by atoms with Crippen LogP contribution in [0.5, 0.6) is 0 Å². The lowest BCUT2D eigenvalue weighted by atomic mass is 10.0. The van der Waals surface area contributed by atoms with Gasteiger partial charge in [0.25, 0.3) is 0 Å². The summed E-state index contributed by atoms with van der Waals surface area (Å²) in [7, 11) is 0. The van der Waals surface area contributed by atoms with E-state index >= 15 is 0 Å². The topological polar surface area (TPSA) is 77.2 Å². The fourth-order valence-electron chi connectivity index (χ4n) is 2.67. The van der Waals surface area contributed by atoms with E-state index in [1.54, 1.807) is 12.1 Å². The Balaban J connectivity index is 1.61. The molecule has 1 atom stereocenters. The lowest BCUT2D eigenvalue weighted by Crippen LogP contribution is -2.34. The molecule has 146 valence electrons. The zero-order chi connectivity index (χ0) is 19.9. The van der Waals surface area contributed by atoms with Crippen molar-refractivity contribution in [3.8, 4) is 11.4 Å². The van der Waals surface area contributed by atoms with Gasteiger partial charge in [-0.1, -0.05) is 73.1 Å². The molecule has 1 aromatic heterocycles. The first-order chi connectivity index (χ1) is 13.5. The Bertz CT molecular complexity index is 912. The molecule has 0 aliphatic carbocycles. The molecule has 0 fully saturated rings. The molecule has 6 nitrogen and oxygen atoms in total. The van der Waals surface area contributed by atoms with Gasteiger partial charge in [-0.15, -0.1) is 0 Å². The molecule has 0 bridgehead atoms. The van der Waals surface area contributed by atoms with Gasteiger partial charge in [0.2, 0.25) is 17.6 Å². The van der Waals surface area contributed by atoms with Crippen molar-refractivity contribution in [2.24, 2.45) is 5.92 Å². The average Bonchev–Trinajstić information content (AvgIpc) is 3.16. The zero-order valence-electron chi connectivity index (χ0n) is 15.8. The molecule has 0 saturated carbocycles. The summed E-state index contributed by atoms with van der Waals surface area (Å²) < 4.78 is 10.9. The van der Waals surface area contributed by atoms with Crippen molar-refractivity contribution in [3.63, 3.8) is 0 Å². The number of nitrogens with zero attached hydrogens (tertiary/aromatic N) is 2.